The summed E-state index contributed by atoms with van der Waals surface area (Å²) >= 11 is 1.48. The highest BCUT2D eigenvalue weighted by molar-refractivity contribution is 8.14. The number of ether oxygens (including phenoxy) is 1. The third-order valence-corrected chi connectivity index (χ3v) is 10.3. The Morgan fingerprint density at radius 2 is 1.90 bits per heavy atom. The molecule has 0 amide bonds. The third-order valence-electron chi connectivity index (χ3n) is 9.23. The molecule has 3 fully saturated rings. The van der Waals surface area contributed by atoms with Crippen molar-refractivity contribution < 1.29 is 19.1 Å². The van der Waals surface area contributed by atoms with E-state index in [9.17, 15) is 14.4 Å². The lowest BCUT2D eigenvalue weighted by atomic mass is 9.46. The average Bonchev–Trinajstić information content (AvgIpc) is 3.17. The number of thioether (sulfide) groups is 1. The van der Waals surface area contributed by atoms with Crippen molar-refractivity contribution in [3.05, 3.63) is 23.8 Å². The first-order valence-corrected chi connectivity index (χ1v) is 11.9. The van der Waals surface area contributed by atoms with E-state index in [0.29, 0.717) is 24.2 Å². The summed E-state index contributed by atoms with van der Waals surface area (Å²) in [7, 11) is 0. The molecule has 0 aromatic rings. The second-order valence-electron chi connectivity index (χ2n) is 10.3. The Labute approximate surface area is 176 Å². The molecule has 0 saturated heterocycles. The molecule has 5 heteroatoms. The predicted molar refractivity (Wildman–Crippen MR) is 112 cm³/mol. The molecule has 5 rings (SSSR count). The van der Waals surface area contributed by atoms with Crippen LogP contribution in [0.2, 0.25) is 0 Å². The largest absolute Gasteiger partial charge is 0.451 e. The van der Waals surface area contributed by atoms with Crippen molar-refractivity contribution in [2.75, 3.05) is 0 Å². The molecule has 1 heterocycles. The quantitative estimate of drug-likeness (QED) is 0.586. The van der Waals surface area contributed by atoms with Crippen LogP contribution in [0, 0.1) is 28.6 Å². The van der Waals surface area contributed by atoms with Crippen molar-refractivity contribution in [3.8, 4) is 0 Å². The van der Waals surface area contributed by atoms with Crippen LogP contribution in [0.3, 0.4) is 0 Å². The molecule has 29 heavy (non-hydrogen) atoms. The second kappa shape index (κ2) is 6.32. The number of ketones is 1. The van der Waals surface area contributed by atoms with Gasteiger partial charge in [-0.05, 0) is 73.8 Å². The maximum Gasteiger partial charge on any atom is 0.331 e. The van der Waals surface area contributed by atoms with Crippen molar-refractivity contribution in [3.63, 3.8) is 0 Å². The molecule has 1 aliphatic heterocycles. The van der Waals surface area contributed by atoms with E-state index < -0.39 is 5.60 Å². The molecular formula is C24H30O4S. The van der Waals surface area contributed by atoms with Gasteiger partial charge in [0.2, 0.25) is 0 Å². The summed E-state index contributed by atoms with van der Waals surface area (Å²) in [5, 5.41) is 0.371. The molecule has 4 aliphatic carbocycles. The van der Waals surface area contributed by atoms with Gasteiger partial charge in [0.05, 0.1) is 0 Å². The first-order valence-electron chi connectivity index (χ1n) is 11.0. The topological polar surface area (TPSA) is 60.4 Å². The van der Waals surface area contributed by atoms with Gasteiger partial charge in [0, 0.05) is 30.1 Å². The minimum atomic E-state index is -0.468. The number of hydrogen-bond acceptors (Lipinski definition) is 5. The molecule has 3 saturated carbocycles. The SMILES string of the molecule is CC(=O)S[C@@H]1CC2=CC(=O)CC[C@]2(C)[C@H]2CC[C@@]3(C)[C@@H](CC[C@@]34C=CC(=O)O4)[C@H]12. The van der Waals surface area contributed by atoms with Crippen molar-refractivity contribution in [2.24, 2.45) is 28.6 Å². The minimum Gasteiger partial charge on any atom is -0.451 e. The lowest BCUT2D eigenvalue weighted by Gasteiger charge is -2.60. The summed E-state index contributed by atoms with van der Waals surface area (Å²) in [4.78, 5) is 36.3. The fourth-order valence-corrected chi connectivity index (χ4v) is 8.99. The van der Waals surface area contributed by atoms with E-state index in [-0.39, 0.29) is 32.9 Å². The highest BCUT2D eigenvalue weighted by atomic mass is 32.2. The first-order chi connectivity index (χ1) is 13.7. The third kappa shape index (κ3) is 2.62. The number of carbonyl (C=O) groups excluding carboxylic acids is 3. The van der Waals surface area contributed by atoms with Gasteiger partial charge in [0.25, 0.3) is 0 Å². The van der Waals surface area contributed by atoms with E-state index in [1.54, 1.807) is 13.0 Å². The highest BCUT2D eigenvalue weighted by Gasteiger charge is 2.67. The molecule has 5 aliphatic rings. The van der Waals surface area contributed by atoms with Gasteiger partial charge in [-0.1, -0.05) is 31.2 Å². The number of fused-ring (bicyclic) bond motifs is 6. The summed E-state index contributed by atoms with van der Waals surface area (Å²) < 4.78 is 5.94. The van der Waals surface area contributed by atoms with Crippen LogP contribution in [0.25, 0.3) is 0 Å². The van der Waals surface area contributed by atoms with Crippen molar-refractivity contribution in [2.45, 2.75) is 76.6 Å². The van der Waals surface area contributed by atoms with E-state index in [0.717, 1.165) is 38.5 Å². The Bertz CT molecular complexity index is 859. The summed E-state index contributed by atoms with van der Waals surface area (Å²) in [5.41, 5.74) is 0.794. The summed E-state index contributed by atoms with van der Waals surface area (Å²) in [6, 6.07) is 0. The number of rotatable bonds is 1. The van der Waals surface area contributed by atoms with E-state index in [2.05, 4.69) is 13.8 Å². The maximum absolute atomic E-state index is 12.2. The van der Waals surface area contributed by atoms with Crippen LogP contribution >= 0.6 is 11.8 Å². The average molecular weight is 415 g/mol. The number of allylic oxidation sites excluding steroid dienone is 1. The van der Waals surface area contributed by atoms with Crippen LogP contribution in [-0.4, -0.2) is 27.7 Å². The van der Waals surface area contributed by atoms with Crippen LogP contribution in [0.5, 0.6) is 0 Å². The van der Waals surface area contributed by atoms with Gasteiger partial charge in [-0.25, -0.2) is 4.79 Å². The van der Waals surface area contributed by atoms with Gasteiger partial charge >= 0.3 is 5.97 Å². The van der Waals surface area contributed by atoms with Crippen LogP contribution in [0.1, 0.15) is 65.7 Å². The molecule has 1 spiro atoms. The van der Waals surface area contributed by atoms with Crippen LogP contribution in [-0.2, 0) is 19.1 Å². The summed E-state index contributed by atoms with van der Waals surface area (Å²) in [6.07, 6.45) is 12.0. The van der Waals surface area contributed by atoms with Gasteiger partial charge < -0.3 is 4.74 Å². The van der Waals surface area contributed by atoms with Crippen LogP contribution in [0.15, 0.2) is 23.8 Å². The first kappa shape index (κ1) is 19.6. The summed E-state index contributed by atoms with van der Waals surface area (Å²) in [6.45, 7) is 6.34. The van der Waals surface area contributed by atoms with E-state index in [1.807, 2.05) is 12.2 Å². The zero-order valence-electron chi connectivity index (χ0n) is 17.5. The smallest absolute Gasteiger partial charge is 0.331 e. The van der Waals surface area contributed by atoms with Gasteiger partial charge in [-0.3, -0.25) is 9.59 Å². The Kier molecular flexibility index (Phi) is 4.27. The standard InChI is InChI=1S/C24H30O4S/c1-14(25)29-19-13-15-12-16(26)4-8-22(15,2)17-5-9-23(3)18(21(17)19)6-10-24(23)11-7-20(27)28-24/h7,11-12,17-19,21H,4-6,8-10,13H2,1-3H3/t17-,18-,19+,21+,22-,23-,24+/m0/s1. The number of hydrogen-bond donors (Lipinski definition) is 0. The Morgan fingerprint density at radius 3 is 2.59 bits per heavy atom. The van der Waals surface area contributed by atoms with Crippen molar-refractivity contribution >= 4 is 28.6 Å². The molecule has 4 nitrogen and oxygen atoms in total. The zero-order chi connectivity index (χ0) is 20.6. The Balaban J connectivity index is 1.57. The van der Waals surface area contributed by atoms with Gasteiger partial charge in [0.1, 0.15) is 5.60 Å². The summed E-state index contributed by atoms with van der Waals surface area (Å²) in [5.74, 6) is 1.37. The van der Waals surface area contributed by atoms with E-state index in [4.69, 9.17) is 4.74 Å². The fraction of sp³-hybridized carbons (Fsp3) is 0.708. The normalized spacial score (nSPS) is 48.0. The number of carbonyl (C=O) groups is 3. The van der Waals surface area contributed by atoms with Gasteiger partial charge in [-0.2, -0.15) is 0 Å². The minimum absolute atomic E-state index is 0.0612. The molecular weight excluding hydrogens is 384 g/mol. The van der Waals surface area contributed by atoms with E-state index >= 15 is 0 Å². The second-order valence-corrected chi connectivity index (χ2v) is 11.8. The maximum atomic E-state index is 12.2. The van der Waals surface area contributed by atoms with Crippen LogP contribution in [0.4, 0.5) is 0 Å². The number of esters is 1. The zero-order valence-corrected chi connectivity index (χ0v) is 18.3. The van der Waals surface area contributed by atoms with Crippen LogP contribution < -0.4 is 0 Å². The molecule has 0 radical (unpaired) electrons. The van der Waals surface area contributed by atoms with Gasteiger partial charge in [-0.15, -0.1) is 0 Å². The van der Waals surface area contributed by atoms with Crippen molar-refractivity contribution in [1.82, 2.24) is 0 Å². The van der Waals surface area contributed by atoms with E-state index in [1.165, 1.54) is 17.3 Å². The molecule has 0 unspecified atom stereocenters. The monoisotopic (exact) mass is 414 g/mol. The lowest BCUT2D eigenvalue weighted by molar-refractivity contribution is -0.162. The Hall–Kier alpha value is -1.36. The van der Waals surface area contributed by atoms with Crippen molar-refractivity contribution in [1.29, 1.82) is 0 Å². The van der Waals surface area contributed by atoms with Gasteiger partial charge in [0.15, 0.2) is 10.9 Å². The molecule has 0 N–H and O–H groups in total. The Morgan fingerprint density at radius 1 is 1.14 bits per heavy atom. The molecule has 0 bridgehead atoms. The molecule has 7 atom stereocenters. The molecule has 156 valence electrons. The molecule has 0 aromatic heterocycles. The molecule has 0 aromatic carbocycles. The fourth-order valence-electron chi connectivity index (χ4n) is 7.76. The highest BCUT2D eigenvalue weighted by Crippen LogP contribution is 2.70. The lowest BCUT2D eigenvalue weighted by Crippen LogP contribution is -2.57. The predicted octanol–water partition coefficient (Wildman–Crippen LogP) is 4.63.